The lowest BCUT2D eigenvalue weighted by Gasteiger charge is -2.17. The zero-order chi connectivity index (χ0) is 35.3. The third-order valence-corrected chi connectivity index (χ3v) is 10.1. The van der Waals surface area contributed by atoms with E-state index in [1.165, 1.54) is 37.9 Å². The number of nitrogens with zero attached hydrogens (tertiary/aromatic N) is 4. The third kappa shape index (κ3) is 5.58. The molecule has 0 aliphatic rings. The summed E-state index contributed by atoms with van der Waals surface area (Å²) in [6.07, 6.45) is 0. The number of rotatable bonds is 6. The fourth-order valence-electron chi connectivity index (χ4n) is 7.55. The van der Waals surface area contributed by atoms with Gasteiger partial charge in [0, 0.05) is 27.9 Å². The van der Waals surface area contributed by atoms with Gasteiger partial charge in [-0.05, 0) is 97.9 Å². The molecule has 0 N–H and O–H groups in total. The zero-order valence-corrected chi connectivity index (χ0v) is 29.0. The predicted octanol–water partition coefficient (Wildman–Crippen LogP) is 12.5. The van der Waals surface area contributed by atoms with E-state index in [2.05, 4.69) is 109 Å². The summed E-state index contributed by atoms with van der Waals surface area (Å²) >= 11 is 0. The van der Waals surface area contributed by atoms with Crippen LogP contribution in [0, 0.1) is 6.92 Å². The van der Waals surface area contributed by atoms with Gasteiger partial charge in [0.25, 0.3) is 0 Å². The molecule has 0 amide bonds. The molecule has 2 heterocycles. The van der Waals surface area contributed by atoms with E-state index in [1.54, 1.807) is 0 Å². The Labute approximate surface area is 307 Å². The molecule has 0 radical (unpaired) electrons. The molecule has 4 nitrogen and oxygen atoms in total. The van der Waals surface area contributed by atoms with E-state index in [0.29, 0.717) is 17.5 Å². The first-order valence-electron chi connectivity index (χ1n) is 17.9. The smallest absolute Gasteiger partial charge is 0.164 e. The van der Waals surface area contributed by atoms with E-state index in [-0.39, 0.29) is 0 Å². The Bertz CT molecular complexity index is 2880. The second-order valence-corrected chi connectivity index (χ2v) is 13.6. The minimum Gasteiger partial charge on any atom is -0.253 e. The first-order valence-corrected chi connectivity index (χ1v) is 17.9. The molecule has 0 bridgehead atoms. The molecule has 0 aliphatic heterocycles. The molecule has 0 saturated carbocycles. The summed E-state index contributed by atoms with van der Waals surface area (Å²) in [5.74, 6) is 1.90. The summed E-state index contributed by atoms with van der Waals surface area (Å²) in [4.78, 5) is 20.0. The van der Waals surface area contributed by atoms with Gasteiger partial charge in [0.15, 0.2) is 17.5 Å². The SMILES string of the molecule is Cc1cccc(-c2ccc(-c3cc(-c4nc(-c5ccccc5)nc(-c5ccccc5)n4)cc(-c4cc5cccc6ccc7cccc4c7c65)c3)cc2)n1. The minimum absolute atomic E-state index is 0.624. The predicted molar refractivity (Wildman–Crippen MR) is 219 cm³/mol. The molecule has 10 aromatic rings. The molecule has 0 saturated heterocycles. The van der Waals surface area contributed by atoms with Crippen molar-refractivity contribution in [1.82, 2.24) is 19.9 Å². The molecule has 4 heteroatoms. The fourth-order valence-corrected chi connectivity index (χ4v) is 7.55. The Kier molecular flexibility index (Phi) is 7.33. The second kappa shape index (κ2) is 12.6. The van der Waals surface area contributed by atoms with Gasteiger partial charge in [0.05, 0.1) is 5.69 Å². The monoisotopic (exact) mass is 676 g/mol. The maximum absolute atomic E-state index is 5.14. The molecule has 2 aromatic heterocycles. The lowest BCUT2D eigenvalue weighted by Crippen LogP contribution is -2.00. The van der Waals surface area contributed by atoms with Crippen LogP contribution in [0.2, 0.25) is 0 Å². The van der Waals surface area contributed by atoms with Crippen molar-refractivity contribution in [2.24, 2.45) is 0 Å². The minimum atomic E-state index is 0.624. The van der Waals surface area contributed by atoms with Gasteiger partial charge in [-0.15, -0.1) is 0 Å². The average molecular weight is 677 g/mol. The lowest BCUT2D eigenvalue weighted by molar-refractivity contribution is 1.07. The Morgan fingerprint density at radius 1 is 0.321 bits per heavy atom. The van der Waals surface area contributed by atoms with Crippen LogP contribution in [0.15, 0.2) is 176 Å². The van der Waals surface area contributed by atoms with Crippen molar-refractivity contribution >= 4 is 32.3 Å². The summed E-state index contributed by atoms with van der Waals surface area (Å²) < 4.78 is 0. The summed E-state index contributed by atoms with van der Waals surface area (Å²) in [7, 11) is 0. The number of hydrogen-bond donors (Lipinski definition) is 0. The van der Waals surface area contributed by atoms with Crippen molar-refractivity contribution in [3.8, 4) is 67.7 Å². The maximum atomic E-state index is 5.14. The summed E-state index contributed by atoms with van der Waals surface area (Å²) in [5, 5.41) is 7.53. The van der Waals surface area contributed by atoms with Crippen LogP contribution in [-0.4, -0.2) is 19.9 Å². The van der Waals surface area contributed by atoms with E-state index in [4.69, 9.17) is 19.9 Å². The van der Waals surface area contributed by atoms with Gasteiger partial charge >= 0.3 is 0 Å². The average Bonchev–Trinajstić information content (AvgIpc) is 3.23. The van der Waals surface area contributed by atoms with Crippen LogP contribution in [0.5, 0.6) is 0 Å². The molecule has 0 fully saturated rings. The van der Waals surface area contributed by atoms with Crippen LogP contribution in [0.3, 0.4) is 0 Å². The molecule has 8 aromatic carbocycles. The Morgan fingerprint density at radius 2 is 0.868 bits per heavy atom. The number of pyridine rings is 1. The summed E-state index contributed by atoms with van der Waals surface area (Å²) in [6, 6.07) is 61.9. The molecule has 0 spiro atoms. The van der Waals surface area contributed by atoms with E-state index in [0.717, 1.165) is 50.3 Å². The highest BCUT2D eigenvalue weighted by Gasteiger charge is 2.18. The van der Waals surface area contributed by atoms with Gasteiger partial charge < -0.3 is 0 Å². The Hall–Kier alpha value is -7.04. The van der Waals surface area contributed by atoms with Crippen molar-refractivity contribution in [1.29, 1.82) is 0 Å². The van der Waals surface area contributed by atoms with Crippen molar-refractivity contribution < 1.29 is 0 Å². The first kappa shape index (κ1) is 30.8. The van der Waals surface area contributed by atoms with Crippen LogP contribution >= 0.6 is 0 Å². The van der Waals surface area contributed by atoms with Crippen LogP contribution in [0.25, 0.3) is 100.0 Å². The number of aryl methyl sites for hydroxylation is 1. The summed E-state index contributed by atoms with van der Waals surface area (Å²) in [5.41, 5.74) is 10.3. The molecule has 248 valence electrons. The Morgan fingerprint density at radius 3 is 1.55 bits per heavy atom. The van der Waals surface area contributed by atoms with Gasteiger partial charge in [-0.25, -0.2) is 15.0 Å². The molecule has 0 aliphatic carbocycles. The third-order valence-electron chi connectivity index (χ3n) is 10.1. The second-order valence-electron chi connectivity index (χ2n) is 13.6. The topological polar surface area (TPSA) is 51.6 Å². The van der Waals surface area contributed by atoms with Crippen molar-refractivity contribution in [2.75, 3.05) is 0 Å². The van der Waals surface area contributed by atoms with Crippen LogP contribution in [-0.2, 0) is 0 Å². The molecular weight excluding hydrogens is 645 g/mol. The normalized spacial score (nSPS) is 11.5. The number of benzene rings is 8. The number of hydrogen-bond acceptors (Lipinski definition) is 4. The van der Waals surface area contributed by atoms with Crippen molar-refractivity contribution in [2.45, 2.75) is 6.92 Å². The number of aromatic nitrogens is 4. The van der Waals surface area contributed by atoms with E-state index < -0.39 is 0 Å². The molecule has 0 unspecified atom stereocenters. The Balaban J connectivity index is 1.22. The highest BCUT2D eigenvalue weighted by molar-refractivity contribution is 6.26. The quantitative estimate of drug-likeness (QED) is 0.165. The molecule has 0 atom stereocenters. The van der Waals surface area contributed by atoms with E-state index in [9.17, 15) is 0 Å². The lowest BCUT2D eigenvalue weighted by atomic mass is 9.87. The highest BCUT2D eigenvalue weighted by Crippen LogP contribution is 2.42. The van der Waals surface area contributed by atoms with E-state index >= 15 is 0 Å². The zero-order valence-electron chi connectivity index (χ0n) is 29.0. The van der Waals surface area contributed by atoms with Gasteiger partial charge in [-0.3, -0.25) is 4.98 Å². The first-order chi connectivity index (χ1) is 26.1. The molecule has 10 rings (SSSR count). The van der Waals surface area contributed by atoms with Gasteiger partial charge in [-0.2, -0.15) is 0 Å². The van der Waals surface area contributed by atoms with Gasteiger partial charge in [-0.1, -0.05) is 140 Å². The maximum Gasteiger partial charge on any atom is 0.164 e. The van der Waals surface area contributed by atoms with Crippen molar-refractivity contribution in [3.05, 3.63) is 182 Å². The van der Waals surface area contributed by atoms with E-state index in [1.807, 2.05) is 73.7 Å². The van der Waals surface area contributed by atoms with Gasteiger partial charge in [0.1, 0.15) is 0 Å². The standard InChI is InChI=1S/C49H32N4/c1-31-11-8-20-44(50-31)33-23-21-32(22-24-33)39-27-40(43-30-38-18-9-16-34-25-26-35-17-10-19-42(43)46(35)45(34)38)29-41(28-39)49-52-47(36-12-4-2-5-13-36)51-48(53-49)37-14-6-3-7-15-37/h2-30H,1H3. The van der Waals surface area contributed by atoms with Crippen LogP contribution < -0.4 is 0 Å². The van der Waals surface area contributed by atoms with Crippen LogP contribution in [0.1, 0.15) is 5.69 Å². The molecular formula is C49H32N4. The fraction of sp³-hybridized carbons (Fsp3) is 0.0204. The van der Waals surface area contributed by atoms with Crippen molar-refractivity contribution in [3.63, 3.8) is 0 Å². The summed E-state index contributed by atoms with van der Waals surface area (Å²) in [6.45, 7) is 2.03. The largest absolute Gasteiger partial charge is 0.253 e. The van der Waals surface area contributed by atoms with Gasteiger partial charge in [0.2, 0.25) is 0 Å². The highest BCUT2D eigenvalue weighted by atomic mass is 15.0. The molecule has 53 heavy (non-hydrogen) atoms. The van der Waals surface area contributed by atoms with Crippen LogP contribution in [0.4, 0.5) is 0 Å².